The average molecular weight is 338 g/mol. The molecule has 0 saturated heterocycles. The number of ether oxygens (including phenoxy) is 3. The van der Waals surface area contributed by atoms with Crippen LogP contribution in [0.25, 0.3) is 5.57 Å². The van der Waals surface area contributed by atoms with Crippen molar-refractivity contribution in [2.45, 2.75) is 13.8 Å². The molecule has 5 nitrogen and oxygen atoms in total. The third-order valence-corrected chi connectivity index (χ3v) is 3.82. The van der Waals surface area contributed by atoms with Gasteiger partial charge in [0.05, 0.1) is 26.9 Å². The van der Waals surface area contributed by atoms with Crippen molar-refractivity contribution in [2.75, 3.05) is 26.6 Å². The molecule has 0 unspecified atom stereocenters. The van der Waals surface area contributed by atoms with E-state index in [0.717, 1.165) is 11.4 Å². The van der Waals surface area contributed by atoms with Crippen molar-refractivity contribution in [1.29, 1.82) is 5.26 Å². The Bertz CT molecular complexity index is 793. The molecule has 0 aromatic heterocycles. The fourth-order valence-electron chi connectivity index (χ4n) is 2.51. The molecule has 0 aliphatic rings. The highest BCUT2D eigenvalue weighted by Gasteiger charge is 2.16. The molecule has 0 amide bonds. The lowest BCUT2D eigenvalue weighted by molar-refractivity contribution is 0.324. The topological polar surface area (TPSA) is 63.5 Å². The molecule has 2 rings (SSSR count). The van der Waals surface area contributed by atoms with E-state index in [0.29, 0.717) is 28.4 Å². The van der Waals surface area contributed by atoms with Gasteiger partial charge < -0.3 is 19.5 Å². The van der Waals surface area contributed by atoms with Crippen molar-refractivity contribution >= 4 is 11.3 Å². The molecule has 0 saturated carbocycles. The van der Waals surface area contributed by atoms with Crippen molar-refractivity contribution in [2.24, 2.45) is 0 Å². The predicted octanol–water partition coefficient (Wildman–Crippen LogP) is 4.39. The number of nitriles is 1. The molecular formula is C20H22N2O3. The monoisotopic (exact) mass is 338 g/mol. The minimum atomic E-state index is 0.496. The third-order valence-electron chi connectivity index (χ3n) is 3.82. The Labute approximate surface area is 148 Å². The Balaban J connectivity index is 2.48. The maximum Gasteiger partial charge on any atom is 0.203 e. The van der Waals surface area contributed by atoms with Gasteiger partial charge in [0, 0.05) is 16.9 Å². The van der Waals surface area contributed by atoms with E-state index in [-0.39, 0.29) is 0 Å². The summed E-state index contributed by atoms with van der Waals surface area (Å²) in [6, 6.07) is 13.8. The Morgan fingerprint density at radius 2 is 1.52 bits per heavy atom. The number of methoxy groups -OCH3 is 3. The van der Waals surface area contributed by atoms with Crippen molar-refractivity contribution in [3.8, 4) is 23.3 Å². The minimum absolute atomic E-state index is 0.496. The first-order chi connectivity index (χ1) is 12.0. The summed E-state index contributed by atoms with van der Waals surface area (Å²) in [5.41, 5.74) is 4.02. The molecule has 0 bridgehead atoms. The number of allylic oxidation sites excluding steroid dienone is 2. The lowest BCUT2D eigenvalue weighted by Gasteiger charge is -2.15. The predicted molar refractivity (Wildman–Crippen MR) is 99.1 cm³/mol. The van der Waals surface area contributed by atoms with Crippen LogP contribution in [0.15, 0.2) is 42.1 Å². The smallest absolute Gasteiger partial charge is 0.203 e. The van der Waals surface area contributed by atoms with Crippen LogP contribution >= 0.6 is 0 Å². The van der Waals surface area contributed by atoms with Gasteiger partial charge in [-0.1, -0.05) is 17.7 Å². The molecule has 1 N–H and O–H groups in total. The van der Waals surface area contributed by atoms with E-state index in [1.165, 1.54) is 5.56 Å². The van der Waals surface area contributed by atoms with Crippen LogP contribution in [-0.2, 0) is 0 Å². The van der Waals surface area contributed by atoms with E-state index >= 15 is 0 Å². The van der Waals surface area contributed by atoms with Crippen molar-refractivity contribution in [3.63, 3.8) is 0 Å². The highest BCUT2D eigenvalue weighted by Crippen LogP contribution is 2.40. The summed E-state index contributed by atoms with van der Waals surface area (Å²) in [5, 5.41) is 12.9. The zero-order valence-corrected chi connectivity index (χ0v) is 15.1. The summed E-state index contributed by atoms with van der Waals surface area (Å²) < 4.78 is 16.1. The zero-order valence-electron chi connectivity index (χ0n) is 15.1. The number of nitrogens with zero attached hydrogens (tertiary/aromatic N) is 1. The van der Waals surface area contributed by atoms with Crippen LogP contribution in [0, 0.1) is 18.3 Å². The first-order valence-electron chi connectivity index (χ1n) is 7.79. The maximum absolute atomic E-state index is 9.66. The number of hydrogen-bond acceptors (Lipinski definition) is 5. The molecular weight excluding hydrogens is 316 g/mol. The highest BCUT2D eigenvalue weighted by atomic mass is 16.5. The number of benzene rings is 2. The number of nitrogens with one attached hydrogen (secondary N) is 1. The maximum atomic E-state index is 9.66. The molecule has 130 valence electrons. The van der Waals surface area contributed by atoms with Crippen molar-refractivity contribution < 1.29 is 14.2 Å². The Hall–Kier alpha value is -3.13. The molecule has 0 atom stereocenters. The number of aryl methyl sites for hydroxylation is 1. The third kappa shape index (κ3) is 4.04. The molecule has 0 spiro atoms. The van der Waals surface area contributed by atoms with Crippen LogP contribution in [0.3, 0.4) is 0 Å². The molecule has 0 fully saturated rings. The van der Waals surface area contributed by atoms with E-state index in [1.807, 2.05) is 38.1 Å². The van der Waals surface area contributed by atoms with Gasteiger partial charge in [0.2, 0.25) is 5.75 Å². The molecule has 0 radical (unpaired) electrons. The van der Waals surface area contributed by atoms with E-state index in [2.05, 4.69) is 11.4 Å². The fraction of sp³-hybridized carbons (Fsp3) is 0.250. The number of anilines is 1. The molecule has 0 aliphatic heterocycles. The second kappa shape index (κ2) is 8.11. The minimum Gasteiger partial charge on any atom is -0.493 e. The molecule has 2 aromatic carbocycles. The molecule has 2 aromatic rings. The molecule has 25 heavy (non-hydrogen) atoms. The van der Waals surface area contributed by atoms with Gasteiger partial charge in [0.1, 0.15) is 6.07 Å². The van der Waals surface area contributed by atoms with Gasteiger partial charge in [-0.3, -0.25) is 0 Å². The van der Waals surface area contributed by atoms with E-state index in [1.54, 1.807) is 33.5 Å². The summed E-state index contributed by atoms with van der Waals surface area (Å²) in [6.07, 6.45) is 0. The van der Waals surface area contributed by atoms with Gasteiger partial charge in [0.15, 0.2) is 11.5 Å². The quantitative estimate of drug-likeness (QED) is 0.792. The van der Waals surface area contributed by atoms with Crippen molar-refractivity contribution in [3.05, 3.63) is 53.2 Å². The van der Waals surface area contributed by atoms with Crippen LogP contribution in [0.4, 0.5) is 5.69 Å². The fourth-order valence-corrected chi connectivity index (χ4v) is 2.51. The summed E-state index contributed by atoms with van der Waals surface area (Å²) in [5.74, 6) is 1.51. The van der Waals surface area contributed by atoms with Gasteiger partial charge in [-0.25, -0.2) is 0 Å². The Morgan fingerprint density at radius 1 is 0.960 bits per heavy atom. The summed E-state index contributed by atoms with van der Waals surface area (Å²) >= 11 is 0. The van der Waals surface area contributed by atoms with Crippen LogP contribution < -0.4 is 19.5 Å². The number of rotatable bonds is 6. The second-order valence-electron chi connectivity index (χ2n) is 5.52. The standard InChI is InChI=1S/C20H22N2O3/c1-13-6-8-16(9-7-13)22-14(2)17(12-21)15-10-18(23-3)20(25-5)19(11-15)24-4/h6-11,22H,1-5H3/b17-14+. The van der Waals surface area contributed by atoms with E-state index in [4.69, 9.17) is 14.2 Å². The van der Waals surface area contributed by atoms with Gasteiger partial charge >= 0.3 is 0 Å². The SMILES string of the molecule is COc1cc(/C(C#N)=C(\C)Nc2ccc(C)cc2)cc(OC)c1OC. The highest BCUT2D eigenvalue weighted by molar-refractivity contribution is 5.83. The summed E-state index contributed by atoms with van der Waals surface area (Å²) in [4.78, 5) is 0. The molecule has 5 heteroatoms. The first-order valence-corrected chi connectivity index (χ1v) is 7.79. The van der Waals surface area contributed by atoms with Gasteiger partial charge in [-0.2, -0.15) is 5.26 Å². The van der Waals surface area contributed by atoms with Gasteiger partial charge in [-0.15, -0.1) is 0 Å². The van der Waals surface area contributed by atoms with Gasteiger partial charge in [0.25, 0.3) is 0 Å². The largest absolute Gasteiger partial charge is 0.493 e. The molecule has 0 heterocycles. The normalized spacial score (nSPS) is 11.2. The lowest BCUT2D eigenvalue weighted by Crippen LogP contribution is -2.01. The zero-order chi connectivity index (χ0) is 18.4. The van der Waals surface area contributed by atoms with Crippen LogP contribution in [-0.4, -0.2) is 21.3 Å². The van der Waals surface area contributed by atoms with Crippen LogP contribution in [0.1, 0.15) is 18.1 Å². The van der Waals surface area contributed by atoms with E-state index in [9.17, 15) is 5.26 Å². The number of hydrogen-bond donors (Lipinski definition) is 1. The molecule has 0 aliphatic carbocycles. The van der Waals surface area contributed by atoms with Gasteiger partial charge in [-0.05, 0) is 38.1 Å². The first kappa shape index (κ1) is 18.2. The van der Waals surface area contributed by atoms with Crippen molar-refractivity contribution in [1.82, 2.24) is 0 Å². The summed E-state index contributed by atoms with van der Waals surface area (Å²) in [6.45, 7) is 3.89. The Kier molecular flexibility index (Phi) is 5.91. The van der Waals surface area contributed by atoms with E-state index < -0.39 is 0 Å². The van der Waals surface area contributed by atoms with Crippen LogP contribution in [0.2, 0.25) is 0 Å². The second-order valence-corrected chi connectivity index (χ2v) is 5.52. The lowest BCUT2D eigenvalue weighted by atomic mass is 10.0. The summed E-state index contributed by atoms with van der Waals surface area (Å²) in [7, 11) is 4.65. The van der Waals surface area contributed by atoms with Crippen LogP contribution in [0.5, 0.6) is 17.2 Å². The Morgan fingerprint density at radius 3 is 1.96 bits per heavy atom. The average Bonchev–Trinajstić information content (AvgIpc) is 2.63.